The van der Waals surface area contributed by atoms with Crippen molar-refractivity contribution in [1.82, 2.24) is 19.5 Å². The molecule has 4 rings (SSSR count). The molecule has 0 saturated heterocycles. The van der Waals surface area contributed by atoms with Gasteiger partial charge >= 0.3 is 0 Å². The van der Waals surface area contributed by atoms with E-state index in [0.29, 0.717) is 5.95 Å². The number of para-hydroxylation sites is 2. The first-order valence-corrected chi connectivity index (χ1v) is 8.17. The third-order valence-corrected chi connectivity index (χ3v) is 4.19. The SMILES string of the molecule is Cc1nc(-n2c3ccccc3c3ccccc32)nc(C(C)(C)C)n1. The van der Waals surface area contributed by atoms with Crippen molar-refractivity contribution in [2.75, 3.05) is 0 Å². The topological polar surface area (TPSA) is 43.6 Å². The summed E-state index contributed by atoms with van der Waals surface area (Å²) in [6.45, 7) is 8.29. The van der Waals surface area contributed by atoms with Crippen molar-refractivity contribution in [2.45, 2.75) is 33.1 Å². The summed E-state index contributed by atoms with van der Waals surface area (Å²) in [7, 11) is 0. The first-order valence-electron chi connectivity index (χ1n) is 8.17. The summed E-state index contributed by atoms with van der Waals surface area (Å²) in [6, 6.07) is 16.8. The molecule has 24 heavy (non-hydrogen) atoms. The molecule has 2 aromatic carbocycles. The lowest BCUT2D eigenvalue weighted by Gasteiger charge is -2.18. The fourth-order valence-corrected chi connectivity index (χ4v) is 3.04. The van der Waals surface area contributed by atoms with Gasteiger partial charge in [0.1, 0.15) is 11.6 Å². The fourth-order valence-electron chi connectivity index (χ4n) is 3.04. The number of hydrogen-bond donors (Lipinski definition) is 0. The first kappa shape index (κ1) is 14.8. The van der Waals surface area contributed by atoms with Crippen LogP contribution in [-0.4, -0.2) is 19.5 Å². The minimum atomic E-state index is -0.124. The molecule has 0 radical (unpaired) electrons. The van der Waals surface area contributed by atoms with Gasteiger partial charge < -0.3 is 0 Å². The Morgan fingerprint density at radius 3 is 1.83 bits per heavy atom. The Morgan fingerprint density at radius 1 is 0.750 bits per heavy atom. The highest BCUT2D eigenvalue weighted by atomic mass is 15.2. The van der Waals surface area contributed by atoms with E-state index < -0.39 is 0 Å². The van der Waals surface area contributed by atoms with E-state index in [-0.39, 0.29) is 5.41 Å². The number of rotatable bonds is 1. The monoisotopic (exact) mass is 316 g/mol. The molecule has 0 atom stereocenters. The van der Waals surface area contributed by atoms with Crippen LogP contribution in [0.2, 0.25) is 0 Å². The Hall–Kier alpha value is -2.75. The zero-order valence-corrected chi connectivity index (χ0v) is 14.4. The Bertz CT molecular complexity index is 1000. The van der Waals surface area contributed by atoms with Crippen molar-refractivity contribution in [3.05, 3.63) is 60.2 Å². The second kappa shape index (κ2) is 5.13. The largest absolute Gasteiger partial charge is 0.278 e. The van der Waals surface area contributed by atoms with Crippen LogP contribution in [0.5, 0.6) is 0 Å². The van der Waals surface area contributed by atoms with Crippen LogP contribution >= 0.6 is 0 Å². The Labute approximate surface area is 141 Å². The predicted molar refractivity (Wildman–Crippen MR) is 97.6 cm³/mol. The van der Waals surface area contributed by atoms with Crippen molar-refractivity contribution in [3.8, 4) is 5.95 Å². The van der Waals surface area contributed by atoms with Crippen LogP contribution in [0.25, 0.3) is 27.8 Å². The van der Waals surface area contributed by atoms with Crippen LogP contribution in [0.4, 0.5) is 0 Å². The zero-order valence-electron chi connectivity index (χ0n) is 14.4. The normalized spacial score (nSPS) is 12.2. The number of fused-ring (bicyclic) bond motifs is 3. The van der Waals surface area contributed by atoms with Gasteiger partial charge in [-0.25, -0.2) is 4.98 Å². The van der Waals surface area contributed by atoms with Gasteiger partial charge in [-0.2, -0.15) is 9.97 Å². The van der Waals surface area contributed by atoms with Gasteiger partial charge in [-0.15, -0.1) is 0 Å². The summed E-state index contributed by atoms with van der Waals surface area (Å²) in [4.78, 5) is 14.0. The molecule has 4 aromatic rings. The average molecular weight is 316 g/mol. The van der Waals surface area contributed by atoms with E-state index in [1.165, 1.54) is 10.8 Å². The van der Waals surface area contributed by atoms with E-state index in [0.717, 1.165) is 22.7 Å². The molecule has 0 fully saturated rings. The maximum Gasteiger partial charge on any atom is 0.238 e. The summed E-state index contributed by atoms with van der Waals surface area (Å²) < 4.78 is 2.13. The number of hydrogen-bond acceptors (Lipinski definition) is 3. The summed E-state index contributed by atoms with van der Waals surface area (Å²) >= 11 is 0. The quantitative estimate of drug-likeness (QED) is 0.516. The molecule has 0 unspecified atom stereocenters. The molecule has 0 saturated carbocycles. The Kier molecular flexibility index (Phi) is 3.17. The predicted octanol–water partition coefficient (Wildman–Crippen LogP) is 4.57. The van der Waals surface area contributed by atoms with Crippen LogP contribution in [0.15, 0.2) is 48.5 Å². The second-order valence-electron chi connectivity index (χ2n) is 7.13. The number of aromatic nitrogens is 4. The van der Waals surface area contributed by atoms with Gasteiger partial charge in [-0.3, -0.25) is 4.57 Å². The first-order chi connectivity index (χ1) is 11.4. The summed E-state index contributed by atoms with van der Waals surface area (Å²) in [5, 5.41) is 2.42. The summed E-state index contributed by atoms with van der Waals surface area (Å²) in [5.41, 5.74) is 2.11. The van der Waals surface area contributed by atoms with E-state index in [1.807, 2.05) is 6.92 Å². The van der Waals surface area contributed by atoms with Gasteiger partial charge in [0, 0.05) is 16.2 Å². The molecule has 0 aliphatic heterocycles. The van der Waals surface area contributed by atoms with E-state index in [1.54, 1.807) is 0 Å². The minimum Gasteiger partial charge on any atom is -0.278 e. The smallest absolute Gasteiger partial charge is 0.238 e. The fraction of sp³-hybridized carbons (Fsp3) is 0.250. The molecule has 4 heteroatoms. The molecule has 0 aliphatic carbocycles. The van der Waals surface area contributed by atoms with E-state index in [2.05, 4.69) is 83.8 Å². The van der Waals surface area contributed by atoms with Crippen LogP contribution < -0.4 is 0 Å². The van der Waals surface area contributed by atoms with Gasteiger partial charge in [-0.05, 0) is 19.1 Å². The van der Waals surface area contributed by atoms with Crippen LogP contribution in [0.3, 0.4) is 0 Å². The molecule has 4 nitrogen and oxygen atoms in total. The maximum absolute atomic E-state index is 4.79. The molecule has 120 valence electrons. The Morgan fingerprint density at radius 2 is 1.29 bits per heavy atom. The maximum atomic E-state index is 4.79. The minimum absolute atomic E-state index is 0.124. The van der Waals surface area contributed by atoms with Gasteiger partial charge in [-0.1, -0.05) is 57.2 Å². The highest BCUT2D eigenvalue weighted by Crippen LogP contribution is 2.31. The van der Waals surface area contributed by atoms with Gasteiger partial charge in [0.15, 0.2) is 0 Å². The van der Waals surface area contributed by atoms with E-state index >= 15 is 0 Å². The van der Waals surface area contributed by atoms with Crippen molar-refractivity contribution in [1.29, 1.82) is 0 Å². The standard InChI is InChI=1S/C20H20N4/c1-13-21-18(20(2,3)4)23-19(22-13)24-16-11-7-5-9-14(16)15-10-6-8-12-17(15)24/h5-12H,1-4H3. The van der Waals surface area contributed by atoms with Gasteiger partial charge in [0.2, 0.25) is 5.95 Å². The van der Waals surface area contributed by atoms with E-state index in [4.69, 9.17) is 4.98 Å². The molecular formula is C20H20N4. The summed E-state index contributed by atoms with van der Waals surface area (Å²) in [5.74, 6) is 2.24. The van der Waals surface area contributed by atoms with Crippen molar-refractivity contribution in [3.63, 3.8) is 0 Å². The van der Waals surface area contributed by atoms with Gasteiger partial charge in [0.05, 0.1) is 11.0 Å². The van der Waals surface area contributed by atoms with Crippen molar-refractivity contribution >= 4 is 21.8 Å². The average Bonchev–Trinajstić information content (AvgIpc) is 2.88. The lowest BCUT2D eigenvalue weighted by atomic mass is 9.96. The molecule has 0 N–H and O–H groups in total. The lowest BCUT2D eigenvalue weighted by molar-refractivity contribution is 0.536. The lowest BCUT2D eigenvalue weighted by Crippen LogP contribution is -2.19. The highest BCUT2D eigenvalue weighted by Gasteiger charge is 2.21. The summed E-state index contributed by atoms with van der Waals surface area (Å²) in [6.07, 6.45) is 0. The number of aryl methyl sites for hydroxylation is 1. The van der Waals surface area contributed by atoms with Crippen molar-refractivity contribution in [2.24, 2.45) is 0 Å². The second-order valence-corrected chi connectivity index (χ2v) is 7.13. The Balaban J connectivity index is 2.11. The molecule has 0 spiro atoms. The molecule has 2 aromatic heterocycles. The molecule has 2 heterocycles. The molecular weight excluding hydrogens is 296 g/mol. The van der Waals surface area contributed by atoms with Crippen LogP contribution in [0.1, 0.15) is 32.4 Å². The number of benzene rings is 2. The third kappa shape index (κ3) is 2.26. The zero-order chi connectivity index (χ0) is 16.9. The van der Waals surface area contributed by atoms with E-state index in [9.17, 15) is 0 Å². The van der Waals surface area contributed by atoms with Crippen LogP contribution in [0, 0.1) is 6.92 Å². The highest BCUT2D eigenvalue weighted by molar-refractivity contribution is 6.08. The third-order valence-electron chi connectivity index (χ3n) is 4.19. The molecule has 0 bridgehead atoms. The van der Waals surface area contributed by atoms with Crippen molar-refractivity contribution < 1.29 is 0 Å². The molecule has 0 amide bonds. The van der Waals surface area contributed by atoms with Gasteiger partial charge in [0.25, 0.3) is 0 Å². The molecule has 0 aliphatic rings. The van der Waals surface area contributed by atoms with Crippen LogP contribution in [-0.2, 0) is 5.41 Å². The number of nitrogens with zero attached hydrogens (tertiary/aromatic N) is 4.